The first kappa shape index (κ1) is 5.72. The van der Waals surface area contributed by atoms with E-state index in [4.69, 9.17) is 0 Å². The summed E-state index contributed by atoms with van der Waals surface area (Å²) in [6, 6.07) is 0. The molecule has 2 aliphatic carbocycles. The minimum Gasteiger partial charge on any atom is -0.393 e. The molecule has 0 aromatic carbocycles. The number of hydrogen-bond acceptors (Lipinski definition) is 1. The highest BCUT2D eigenvalue weighted by molar-refractivity contribution is 4.97. The number of rotatable bonds is 0. The van der Waals surface area contributed by atoms with Crippen molar-refractivity contribution in [1.82, 2.24) is 0 Å². The van der Waals surface area contributed by atoms with E-state index in [0.29, 0.717) is 11.3 Å². The van der Waals surface area contributed by atoms with Crippen LogP contribution in [0, 0.1) is 11.3 Å². The summed E-state index contributed by atoms with van der Waals surface area (Å²) in [5.74, 6) is 0.662. The smallest absolute Gasteiger partial charge is 0.0573 e. The summed E-state index contributed by atoms with van der Waals surface area (Å²) in [7, 11) is 0. The normalized spacial score (nSPS) is 56.7. The van der Waals surface area contributed by atoms with E-state index in [1.54, 1.807) is 0 Å². The topological polar surface area (TPSA) is 20.2 Å². The van der Waals surface area contributed by atoms with Crippen LogP contribution in [-0.4, -0.2) is 11.2 Å². The van der Waals surface area contributed by atoms with Crippen molar-refractivity contribution in [2.24, 2.45) is 11.3 Å². The van der Waals surface area contributed by atoms with Crippen molar-refractivity contribution in [2.45, 2.75) is 38.7 Å². The summed E-state index contributed by atoms with van der Waals surface area (Å²) in [5, 5.41) is 9.38. The van der Waals surface area contributed by atoms with E-state index >= 15 is 0 Å². The quantitative estimate of drug-likeness (QED) is 0.522. The Hall–Kier alpha value is -0.0400. The second-order valence-corrected chi connectivity index (χ2v) is 4.09. The van der Waals surface area contributed by atoms with Crippen LogP contribution in [0.1, 0.15) is 32.6 Å². The molecule has 52 valence electrons. The second-order valence-electron chi connectivity index (χ2n) is 4.09. The number of aliphatic hydroxyl groups is 1. The molecule has 1 heteroatoms. The molecule has 0 spiro atoms. The van der Waals surface area contributed by atoms with Gasteiger partial charge < -0.3 is 5.11 Å². The number of fused-ring (bicyclic) bond motifs is 2. The first-order chi connectivity index (χ1) is 4.20. The molecule has 1 nitrogen and oxygen atoms in total. The van der Waals surface area contributed by atoms with Gasteiger partial charge in [0.25, 0.3) is 0 Å². The van der Waals surface area contributed by atoms with E-state index in [9.17, 15) is 5.11 Å². The third kappa shape index (κ3) is 0.710. The van der Waals surface area contributed by atoms with E-state index in [0.717, 1.165) is 6.42 Å². The maximum atomic E-state index is 9.38. The second kappa shape index (κ2) is 1.51. The van der Waals surface area contributed by atoms with Crippen LogP contribution in [-0.2, 0) is 0 Å². The Kier molecular flexibility index (Phi) is 0.963. The Balaban J connectivity index is 2.19. The predicted molar refractivity (Wildman–Crippen MR) is 36.1 cm³/mol. The molecule has 0 aliphatic heterocycles. The van der Waals surface area contributed by atoms with Gasteiger partial charge in [0.05, 0.1) is 6.10 Å². The maximum Gasteiger partial charge on any atom is 0.0573 e. The molecule has 0 aromatic rings. The van der Waals surface area contributed by atoms with Gasteiger partial charge in [-0.15, -0.1) is 0 Å². The van der Waals surface area contributed by atoms with E-state index < -0.39 is 0 Å². The standard InChI is InChI=1S/C8H14O/c1-8-3-2-6(4-8)7(9)5-8/h6-7,9H,2-5H2,1H3/t6-,7-,8+/m1/s1. The third-order valence-corrected chi connectivity index (χ3v) is 3.12. The fraction of sp³-hybridized carbons (Fsp3) is 1.00. The van der Waals surface area contributed by atoms with Gasteiger partial charge in [-0.05, 0) is 37.0 Å². The molecular formula is C8H14O. The SMILES string of the molecule is C[C@]12CC[C@H](C1)[C@H](O)C2. The van der Waals surface area contributed by atoms with Crippen LogP contribution in [0.25, 0.3) is 0 Å². The first-order valence-corrected chi connectivity index (χ1v) is 3.88. The fourth-order valence-corrected chi connectivity index (χ4v) is 2.56. The van der Waals surface area contributed by atoms with Crippen molar-refractivity contribution < 1.29 is 5.11 Å². The molecule has 0 aromatic heterocycles. The number of hydrogen-bond donors (Lipinski definition) is 1. The average Bonchev–Trinajstić information content (AvgIpc) is 2.20. The minimum atomic E-state index is 0.0451. The Labute approximate surface area is 56.1 Å². The van der Waals surface area contributed by atoms with Crippen molar-refractivity contribution in [1.29, 1.82) is 0 Å². The van der Waals surface area contributed by atoms with Crippen LogP contribution >= 0.6 is 0 Å². The Morgan fingerprint density at radius 1 is 1.44 bits per heavy atom. The lowest BCUT2D eigenvalue weighted by molar-refractivity contribution is 0.0996. The zero-order valence-corrected chi connectivity index (χ0v) is 5.93. The average molecular weight is 126 g/mol. The van der Waals surface area contributed by atoms with E-state index in [-0.39, 0.29) is 6.10 Å². The summed E-state index contributed by atoms with van der Waals surface area (Å²) in [4.78, 5) is 0. The molecule has 0 radical (unpaired) electrons. The zero-order valence-electron chi connectivity index (χ0n) is 5.93. The fourth-order valence-electron chi connectivity index (χ4n) is 2.56. The largest absolute Gasteiger partial charge is 0.393 e. The minimum absolute atomic E-state index is 0.0451. The van der Waals surface area contributed by atoms with Crippen molar-refractivity contribution >= 4 is 0 Å². The van der Waals surface area contributed by atoms with E-state index in [2.05, 4.69) is 6.92 Å². The first-order valence-electron chi connectivity index (χ1n) is 3.88. The van der Waals surface area contributed by atoms with Crippen molar-refractivity contribution in [2.75, 3.05) is 0 Å². The van der Waals surface area contributed by atoms with Gasteiger partial charge in [0.15, 0.2) is 0 Å². The highest BCUT2D eigenvalue weighted by atomic mass is 16.3. The van der Waals surface area contributed by atoms with Crippen molar-refractivity contribution in [3.63, 3.8) is 0 Å². The highest BCUT2D eigenvalue weighted by Gasteiger charge is 2.46. The molecule has 0 saturated heterocycles. The monoisotopic (exact) mass is 126 g/mol. The van der Waals surface area contributed by atoms with Crippen LogP contribution < -0.4 is 0 Å². The summed E-state index contributed by atoms with van der Waals surface area (Å²) < 4.78 is 0. The van der Waals surface area contributed by atoms with Crippen molar-refractivity contribution in [3.8, 4) is 0 Å². The lowest BCUT2D eigenvalue weighted by atomic mass is 9.86. The lowest BCUT2D eigenvalue weighted by Gasteiger charge is -2.22. The van der Waals surface area contributed by atoms with Crippen LogP contribution in [0.5, 0.6) is 0 Å². The molecule has 2 bridgehead atoms. The molecule has 1 N–H and O–H groups in total. The Bertz CT molecular complexity index is 129. The molecule has 0 amide bonds. The summed E-state index contributed by atoms with van der Waals surface area (Å²) in [6.07, 6.45) is 5.03. The molecule has 2 rings (SSSR count). The molecule has 3 atom stereocenters. The molecule has 0 heterocycles. The van der Waals surface area contributed by atoms with Gasteiger partial charge in [-0.2, -0.15) is 0 Å². The summed E-state index contributed by atoms with van der Waals surface area (Å²) >= 11 is 0. The van der Waals surface area contributed by atoms with Gasteiger partial charge in [-0.25, -0.2) is 0 Å². The van der Waals surface area contributed by atoms with Crippen LogP contribution in [0.4, 0.5) is 0 Å². The van der Waals surface area contributed by atoms with Gasteiger partial charge in [-0.3, -0.25) is 0 Å². The number of aliphatic hydroxyl groups excluding tert-OH is 1. The van der Waals surface area contributed by atoms with E-state index in [1.165, 1.54) is 19.3 Å². The maximum absolute atomic E-state index is 9.38. The molecular weight excluding hydrogens is 112 g/mol. The van der Waals surface area contributed by atoms with Crippen LogP contribution in [0.3, 0.4) is 0 Å². The van der Waals surface area contributed by atoms with Crippen LogP contribution in [0.15, 0.2) is 0 Å². The Morgan fingerprint density at radius 3 is 2.44 bits per heavy atom. The van der Waals surface area contributed by atoms with Gasteiger partial charge in [-0.1, -0.05) is 6.92 Å². The zero-order chi connectivity index (χ0) is 6.48. The van der Waals surface area contributed by atoms with Gasteiger partial charge in [0.1, 0.15) is 0 Å². The molecule has 2 aliphatic rings. The molecule has 0 unspecified atom stereocenters. The molecule has 2 saturated carbocycles. The van der Waals surface area contributed by atoms with Crippen molar-refractivity contribution in [3.05, 3.63) is 0 Å². The lowest BCUT2D eigenvalue weighted by Crippen LogP contribution is -2.18. The van der Waals surface area contributed by atoms with E-state index in [1.807, 2.05) is 0 Å². The van der Waals surface area contributed by atoms with Gasteiger partial charge in [0, 0.05) is 0 Å². The summed E-state index contributed by atoms with van der Waals surface area (Å²) in [6.45, 7) is 2.31. The molecule has 2 fully saturated rings. The van der Waals surface area contributed by atoms with Gasteiger partial charge in [0.2, 0.25) is 0 Å². The Morgan fingerprint density at radius 2 is 2.22 bits per heavy atom. The molecule has 9 heavy (non-hydrogen) atoms. The van der Waals surface area contributed by atoms with Gasteiger partial charge >= 0.3 is 0 Å². The highest BCUT2D eigenvalue weighted by Crippen LogP contribution is 2.53. The van der Waals surface area contributed by atoms with Crippen LogP contribution in [0.2, 0.25) is 0 Å². The summed E-state index contributed by atoms with van der Waals surface area (Å²) in [5.41, 5.74) is 0.532. The predicted octanol–water partition coefficient (Wildman–Crippen LogP) is 1.56. The third-order valence-electron chi connectivity index (χ3n) is 3.12.